The molecular weight excluding hydrogens is 320 g/mol. The highest BCUT2D eigenvalue weighted by molar-refractivity contribution is 7.15. The van der Waals surface area contributed by atoms with Gasteiger partial charge in [0.15, 0.2) is 6.20 Å². The Morgan fingerprint density at radius 3 is 2.74 bits per heavy atom. The fourth-order valence-electron chi connectivity index (χ4n) is 1.93. The number of nitro groups is 1. The Kier molecular flexibility index (Phi) is 3.85. The molecule has 0 saturated heterocycles. The van der Waals surface area contributed by atoms with Crippen molar-refractivity contribution in [3.63, 3.8) is 0 Å². The molecule has 3 rings (SSSR count). The molecule has 0 aliphatic carbocycles. The quantitative estimate of drug-likeness (QED) is 0.580. The maximum absolute atomic E-state index is 12.4. The molecule has 0 unspecified atom stereocenters. The van der Waals surface area contributed by atoms with Crippen molar-refractivity contribution in [2.45, 2.75) is 6.92 Å². The van der Waals surface area contributed by atoms with E-state index in [1.165, 1.54) is 11.3 Å². The minimum atomic E-state index is -0.731. The second-order valence-corrected chi connectivity index (χ2v) is 5.69. The number of anilines is 1. The van der Waals surface area contributed by atoms with Crippen LogP contribution in [0.25, 0.3) is 10.4 Å². The van der Waals surface area contributed by atoms with Crippen molar-refractivity contribution >= 4 is 29.1 Å². The lowest BCUT2D eigenvalue weighted by Crippen LogP contribution is -2.13. The van der Waals surface area contributed by atoms with Crippen LogP contribution in [-0.4, -0.2) is 20.8 Å². The molecule has 23 heavy (non-hydrogen) atoms. The number of thiazole rings is 1. The number of benzene rings is 1. The third-order valence-corrected chi connectivity index (χ3v) is 3.90. The van der Waals surface area contributed by atoms with Crippen LogP contribution in [0.4, 0.5) is 11.9 Å². The zero-order valence-electron chi connectivity index (χ0n) is 11.8. The summed E-state index contributed by atoms with van der Waals surface area (Å²) in [7, 11) is 0. The van der Waals surface area contributed by atoms with Gasteiger partial charge < -0.3 is 4.42 Å². The first-order valence-corrected chi connectivity index (χ1v) is 7.30. The molecule has 0 radical (unpaired) electrons. The Morgan fingerprint density at radius 2 is 2.09 bits per heavy atom. The van der Waals surface area contributed by atoms with Crippen LogP contribution < -0.4 is 5.32 Å². The van der Waals surface area contributed by atoms with E-state index in [1.807, 2.05) is 30.3 Å². The summed E-state index contributed by atoms with van der Waals surface area (Å²) >= 11 is 1.39. The molecule has 1 N–H and O–H groups in total. The van der Waals surface area contributed by atoms with E-state index in [0.29, 0.717) is 4.88 Å². The van der Waals surface area contributed by atoms with Crippen LogP contribution in [0.5, 0.6) is 0 Å². The van der Waals surface area contributed by atoms with E-state index in [2.05, 4.69) is 15.3 Å². The first-order chi connectivity index (χ1) is 11.0. The molecule has 0 aliphatic heterocycles. The molecule has 9 heteroatoms. The van der Waals surface area contributed by atoms with Crippen LogP contribution in [0, 0.1) is 17.0 Å². The summed E-state index contributed by atoms with van der Waals surface area (Å²) in [5.41, 5.74) is 1.08. The molecule has 0 fully saturated rings. The predicted molar refractivity (Wildman–Crippen MR) is 83.4 cm³/mol. The van der Waals surface area contributed by atoms with Crippen molar-refractivity contribution < 1.29 is 14.1 Å². The fourth-order valence-corrected chi connectivity index (χ4v) is 2.85. The van der Waals surface area contributed by atoms with Gasteiger partial charge in [-0.1, -0.05) is 30.3 Å². The summed E-state index contributed by atoms with van der Waals surface area (Å²) in [6, 6.07) is 9.11. The third kappa shape index (κ3) is 3.09. The summed E-state index contributed by atoms with van der Waals surface area (Å²) in [6.07, 6.45) is 0.931. The summed E-state index contributed by atoms with van der Waals surface area (Å²) in [6.45, 7) is 1.80. The Hall–Kier alpha value is -3.07. The van der Waals surface area contributed by atoms with Crippen LogP contribution >= 0.6 is 11.3 Å². The van der Waals surface area contributed by atoms with Gasteiger partial charge in [-0.25, -0.2) is 4.98 Å². The summed E-state index contributed by atoms with van der Waals surface area (Å²) in [5, 5.41) is 13.7. The molecule has 2 heterocycles. The van der Waals surface area contributed by atoms with Gasteiger partial charge in [0.05, 0.1) is 9.88 Å². The molecule has 0 spiro atoms. The molecule has 2 aromatic heterocycles. The molecule has 1 amide bonds. The van der Waals surface area contributed by atoms with E-state index < -0.39 is 16.7 Å². The minimum absolute atomic E-state index is 0.222. The molecule has 3 aromatic rings. The lowest BCUT2D eigenvalue weighted by Gasteiger charge is -2.01. The molecule has 116 valence electrons. The van der Waals surface area contributed by atoms with Gasteiger partial charge in [0, 0.05) is 0 Å². The van der Waals surface area contributed by atoms with Gasteiger partial charge in [0.1, 0.15) is 10.6 Å². The van der Waals surface area contributed by atoms with Gasteiger partial charge in [-0.3, -0.25) is 20.2 Å². The largest absolute Gasteiger partial charge is 0.454 e. The monoisotopic (exact) mass is 330 g/mol. The average Bonchev–Trinajstić information content (AvgIpc) is 3.15. The van der Waals surface area contributed by atoms with Gasteiger partial charge in [-0.15, -0.1) is 11.3 Å². The summed E-state index contributed by atoms with van der Waals surface area (Å²) < 4.78 is 4.82. The first kappa shape index (κ1) is 14.9. The molecule has 0 bridgehead atoms. The van der Waals surface area contributed by atoms with Crippen molar-refractivity contribution in [1.29, 1.82) is 0 Å². The zero-order chi connectivity index (χ0) is 16.4. The number of carbonyl (C=O) groups excluding carboxylic acids is 1. The molecule has 0 saturated carbocycles. The number of hydrogen-bond acceptors (Lipinski definition) is 7. The first-order valence-electron chi connectivity index (χ1n) is 6.49. The minimum Gasteiger partial charge on any atom is -0.365 e. The van der Waals surface area contributed by atoms with Gasteiger partial charge in [-0.05, 0) is 12.5 Å². The number of nitrogens with one attached hydrogen (secondary N) is 1. The summed E-state index contributed by atoms with van der Waals surface area (Å²) in [4.78, 5) is 30.8. The van der Waals surface area contributed by atoms with Crippen molar-refractivity contribution in [3.05, 3.63) is 57.3 Å². The van der Waals surface area contributed by atoms with E-state index in [1.54, 1.807) is 6.92 Å². The number of rotatable bonds is 4. The highest BCUT2D eigenvalue weighted by Gasteiger charge is 2.21. The van der Waals surface area contributed by atoms with E-state index in [4.69, 9.17) is 4.42 Å². The van der Waals surface area contributed by atoms with Crippen LogP contribution in [0.2, 0.25) is 0 Å². The molecular formula is C14H10N4O4S. The van der Waals surface area contributed by atoms with Crippen molar-refractivity contribution in [2.24, 2.45) is 0 Å². The smallest absolute Gasteiger partial charge is 0.365 e. The molecule has 0 aliphatic rings. The number of amides is 1. The maximum atomic E-state index is 12.4. The second-order valence-electron chi connectivity index (χ2n) is 4.49. The van der Waals surface area contributed by atoms with Gasteiger partial charge in [0.25, 0.3) is 5.91 Å². The Labute approximate surface area is 134 Å². The van der Waals surface area contributed by atoms with Crippen LogP contribution in [-0.2, 0) is 0 Å². The van der Waals surface area contributed by atoms with Crippen molar-refractivity contribution in [3.8, 4) is 10.4 Å². The topological polar surface area (TPSA) is 111 Å². The molecule has 8 nitrogen and oxygen atoms in total. The van der Waals surface area contributed by atoms with E-state index >= 15 is 0 Å². The van der Waals surface area contributed by atoms with Crippen molar-refractivity contribution in [1.82, 2.24) is 9.97 Å². The van der Waals surface area contributed by atoms with Crippen molar-refractivity contribution in [2.75, 3.05) is 5.32 Å². The lowest BCUT2D eigenvalue weighted by atomic mass is 10.1. The standard InChI is InChI=1S/C14H10N4O4S/c1-8-16-11(12(23-8)9-5-3-2-4-6-9)13(19)17-14-15-7-10(22-14)18(20)21/h2-7H,1H3,(H,15,17,19). The third-order valence-electron chi connectivity index (χ3n) is 2.88. The van der Waals surface area contributed by atoms with Crippen LogP contribution in [0.15, 0.2) is 40.9 Å². The van der Waals surface area contributed by atoms with Gasteiger partial charge >= 0.3 is 11.9 Å². The van der Waals surface area contributed by atoms with E-state index in [9.17, 15) is 14.9 Å². The SMILES string of the molecule is Cc1nc(C(=O)Nc2ncc([N+](=O)[O-])o2)c(-c2ccccc2)s1. The zero-order valence-corrected chi connectivity index (χ0v) is 12.7. The second kappa shape index (κ2) is 5.97. The number of carbonyl (C=O) groups is 1. The van der Waals surface area contributed by atoms with Crippen LogP contribution in [0.1, 0.15) is 15.5 Å². The Bertz CT molecular complexity index is 872. The van der Waals surface area contributed by atoms with E-state index in [0.717, 1.165) is 16.8 Å². The fraction of sp³-hybridized carbons (Fsp3) is 0.0714. The lowest BCUT2D eigenvalue weighted by molar-refractivity contribution is -0.401. The average molecular weight is 330 g/mol. The van der Waals surface area contributed by atoms with E-state index in [-0.39, 0.29) is 11.7 Å². The predicted octanol–water partition coefficient (Wildman–Crippen LogP) is 3.27. The number of hydrogen-bond donors (Lipinski definition) is 1. The number of aryl methyl sites for hydroxylation is 1. The number of oxazole rings is 1. The molecule has 0 atom stereocenters. The van der Waals surface area contributed by atoms with Gasteiger partial charge in [0.2, 0.25) is 0 Å². The Balaban J connectivity index is 1.89. The van der Waals surface area contributed by atoms with Crippen LogP contribution in [0.3, 0.4) is 0 Å². The highest BCUT2D eigenvalue weighted by Crippen LogP contribution is 2.30. The Morgan fingerprint density at radius 1 is 1.35 bits per heavy atom. The highest BCUT2D eigenvalue weighted by atomic mass is 32.1. The maximum Gasteiger partial charge on any atom is 0.454 e. The number of aromatic nitrogens is 2. The number of nitrogens with zero attached hydrogens (tertiary/aromatic N) is 3. The normalized spacial score (nSPS) is 10.5. The molecule has 1 aromatic carbocycles. The van der Waals surface area contributed by atoms with Gasteiger partial charge in [-0.2, -0.15) is 4.98 Å². The summed E-state index contributed by atoms with van der Waals surface area (Å²) in [5.74, 6) is -1.08.